The number of esters is 2. The van der Waals surface area contributed by atoms with Gasteiger partial charge in [-0.1, -0.05) is 78.4 Å². The van der Waals surface area contributed by atoms with Crippen molar-refractivity contribution in [2.24, 2.45) is 34.0 Å². The minimum absolute atomic E-state index is 0.161. The maximum absolute atomic E-state index is 13.3. The maximum atomic E-state index is 13.3. The van der Waals surface area contributed by atoms with E-state index in [1.54, 1.807) is 39.8 Å². The van der Waals surface area contributed by atoms with Crippen molar-refractivity contribution in [1.29, 1.82) is 0 Å². The van der Waals surface area contributed by atoms with E-state index in [-0.39, 0.29) is 17.5 Å². The van der Waals surface area contributed by atoms with Gasteiger partial charge < -0.3 is 29.9 Å². The summed E-state index contributed by atoms with van der Waals surface area (Å²) in [6, 6.07) is 0. The van der Waals surface area contributed by atoms with Crippen LogP contribution in [-0.4, -0.2) is 68.5 Å². The lowest BCUT2D eigenvalue weighted by Crippen LogP contribution is -2.67. The number of hydrogen-bond acceptors (Lipinski definition) is 8. The summed E-state index contributed by atoms with van der Waals surface area (Å²) in [7, 11) is 0. The summed E-state index contributed by atoms with van der Waals surface area (Å²) in [4.78, 5) is 26.4. The van der Waals surface area contributed by atoms with E-state index in [0.29, 0.717) is 18.4 Å². The van der Waals surface area contributed by atoms with Gasteiger partial charge in [0.25, 0.3) is 0 Å². The molecule has 0 aromatic heterocycles. The van der Waals surface area contributed by atoms with Crippen LogP contribution in [0.15, 0.2) is 23.3 Å². The van der Waals surface area contributed by atoms with E-state index < -0.39 is 70.2 Å². The van der Waals surface area contributed by atoms with E-state index in [4.69, 9.17) is 9.47 Å². The first-order chi connectivity index (χ1) is 20.0. The maximum Gasteiger partial charge on any atom is 0.311 e. The molecule has 4 aliphatic rings. The molecule has 0 amide bonds. The molecule has 0 radical (unpaired) electrons. The Bertz CT molecular complexity index is 1130. The van der Waals surface area contributed by atoms with Crippen LogP contribution in [0.4, 0.5) is 0 Å². The zero-order valence-electron chi connectivity index (χ0n) is 27.6. The molecular formula is C35H56O8. The third-order valence-electron chi connectivity index (χ3n) is 11.4. The predicted octanol–water partition coefficient (Wildman–Crippen LogP) is 5.01. The molecule has 4 rings (SSSR count). The molecule has 0 aromatic carbocycles. The number of aliphatic hydroxyl groups is 4. The van der Waals surface area contributed by atoms with Crippen LogP contribution in [0.5, 0.6) is 0 Å². The molecule has 9 atom stereocenters. The van der Waals surface area contributed by atoms with E-state index in [1.165, 1.54) is 25.7 Å². The van der Waals surface area contributed by atoms with Crippen molar-refractivity contribution in [3.8, 4) is 0 Å². The van der Waals surface area contributed by atoms with Crippen molar-refractivity contribution in [1.82, 2.24) is 0 Å². The number of rotatable bonds is 11. The van der Waals surface area contributed by atoms with Gasteiger partial charge in [-0.15, -0.1) is 0 Å². The van der Waals surface area contributed by atoms with Crippen LogP contribution in [0, 0.1) is 34.0 Å². The van der Waals surface area contributed by atoms with Crippen molar-refractivity contribution in [3.05, 3.63) is 23.3 Å². The Morgan fingerprint density at radius 3 is 2.23 bits per heavy atom. The van der Waals surface area contributed by atoms with Gasteiger partial charge >= 0.3 is 11.9 Å². The van der Waals surface area contributed by atoms with E-state index in [2.05, 4.69) is 6.92 Å². The third-order valence-corrected chi connectivity index (χ3v) is 11.4. The van der Waals surface area contributed by atoms with Crippen LogP contribution in [0.1, 0.15) is 113 Å². The largest absolute Gasteiger partial charge is 0.458 e. The number of fused-ring (bicyclic) bond motifs is 3. The second-order valence-corrected chi connectivity index (χ2v) is 15.5. The average Bonchev–Trinajstić information content (AvgIpc) is 3.32. The van der Waals surface area contributed by atoms with Crippen LogP contribution in [0.2, 0.25) is 0 Å². The number of unbranched alkanes of at least 4 members (excludes halogenated alkanes) is 6. The number of carbonyl (C=O) groups is 2. The van der Waals surface area contributed by atoms with Gasteiger partial charge in [0.05, 0.1) is 23.5 Å². The molecule has 0 aliphatic heterocycles. The fourth-order valence-electron chi connectivity index (χ4n) is 8.97. The zero-order valence-corrected chi connectivity index (χ0v) is 27.6. The van der Waals surface area contributed by atoms with Crippen molar-refractivity contribution in [3.63, 3.8) is 0 Å². The molecule has 1 spiro atoms. The molecule has 2 fully saturated rings. The van der Waals surface area contributed by atoms with Gasteiger partial charge in [-0.05, 0) is 57.6 Å². The number of carbonyl (C=O) groups excluding carboxylic acids is 2. The van der Waals surface area contributed by atoms with E-state index in [1.807, 2.05) is 20.8 Å². The molecule has 4 N–H and O–H groups in total. The fourth-order valence-corrected chi connectivity index (χ4v) is 8.97. The molecule has 0 saturated heterocycles. The quantitative estimate of drug-likeness (QED) is 0.147. The first kappa shape index (κ1) is 34.1. The lowest BCUT2D eigenvalue weighted by atomic mass is 9.58. The molecule has 2 saturated carbocycles. The first-order valence-electron chi connectivity index (χ1n) is 16.5. The van der Waals surface area contributed by atoms with Gasteiger partial charge in [-0.3, -0.25) is 9.59 Å². The average molecular weight is 605 g/mol. The second kappa shape index (κ2) is 11.9. The molecule has 43 heavy (non-hydrogen) atoms. The van der Waals surface area contributed by atoms with E-state index in [0.717, 1.165) is 19.3 Å². The molecule has 244 valence electrons. The zero-order chi connectivity index (χ0) is 32.2. The van der Waals surface area contributed by atoms with Crippen molar-refractivity contribution < 1.29 is 39.5 Å². The summed E-state index contributed by atoms with van der Waals surface area (Å²) in [5, 5.41) is 47.2. The Balaban J connectivity index is 1.68. The summed E-state index contributed by atoms with van der Waals surface area (Å²) in [6.07, 6.45) is 7.78. The van der Waals surface area contributed by atoms with Crippen molar-refractivity contribution in [2.45, 2.75) is 143 Å². The Kier molecular flexibility index (Phi) is 9.44. The van der Waals surface area contributed by atoms with Gasteiger partial charge in [-0.25, -0.2) is 0 Å². The summed E-state index contributed by atoms with van der Waals surface area (Å²) < 4.78 is 12.3. The second-order valence-electron chi connectivity index (χ2n) is 15.5. The van der Waals surface area contributed by atoms with Gasteiger partial charge in [0, 0.05) is 23.7 Å². The molecule has 2 bridgehead atoms. The highest BCUT2D eigenvalue weighted by atomic mass is 16.6. The van der Waals surface area contributed by atoms with E-state index >= 15 is 0 Å². The molecule has 0 heterocycles. The number of hydrogen-bond donors (Lipinski definition) is 4. The number of ether oxygens (including phenoxy) is 2. The summed E-state index contributed by atoms with van der Waals surface area (Å²) in [6.45, 7) is 14.5. The normalized spacial score (nSPS) is 39.4. The molecule has 0 aromatic rings. The van der Waals surface area contributed by atoms with Gasteiger partial charge in [0.1, 0.15) is 17.3 Å². The predicted molar refractivity (Wildman–Crippen MR) is 164 cm³/mol. The molecule has 3 unspecified atom stereocenters. The highest BCUT2D eigenvalue weighted by molar-refractivity contribution is 5.76. The fraction of sp³-hybridized carbons (Fsp3) is 0.829. The van der Waals surface area contributed by atoms with Gasteiger partial charge in [0.2, 0.25) is 0 Å². The highest BCUT2D eigenvalue weighted by Gasteiger charge is 2.83. The SMILES string of the molecule is CCCCCCCCCC(=O)O[C@@]12CC(C)C34C=C(C)[C@H](OC(=O)C(C)(C)C)[C@@]3(O)[C@H](O)C(CO)=C[C@H](C4O)[C@@H]1C2(C)C. The molecule has 8 heteroatoms. The smallest absolute Gasteiger partial charge is 0.311 e. The Hall–Kier alpha value is -1.74. The van der Waals surface area contributed by atoms with Crippen molar-refractivity contribution in [2.75, 3.05) is 6.61 Å². The van der Waals surface area contributed by atoms with Crippen LogP contribution in [0.25, 0.3) is 0 Å². The van der Waals surface area contributed by atoms with Gasteiger partial charge in [0.15, 0.2) is 6.10 Å². The minimum atomic E-state index is -2.15. The Labute approximate surface area is 257 Å². The first-order valence-corrected chi connectivity index (χ1v) is 16.5. The highest BCUT2D eigenvalue weighted by Crippen LogP contribution is 2.76. The van der Waals surface area contributed by atoms with Crippen LogP contribution in [0.3, 0.4) is 0 Å². The lowest BCUT2D eigenvalue weighted by Gasteiger charge is -2.52. The molecule has 4 aliphatic carbocycles. The van der Waals surface area contributed by atoms with Crippen LogP contribution >= 0.6 is 0 Å². The van der Waals surface area contributed by atoms with Crippen LogP contribution in [-0.2, 0) is 19.1 Å². The topological polar surface area (TPSA) is 134 Å². The standard InChI is InChI=1S/C35H56O8/c1-9-10-11-12-13-14-15-16-25(37)43-34-19-22(3)33-18-21(2)29(42-30(40)31(4,5)6)35(33,41)27(38)23(20-36)17-24(28(33)39)26(34)32(34,7)8/h17-18,22,24,26-29,36,38-39,41H,9-16,19-20H2,1-8H3/t22?,24-,26+,27+,28?,29-,33?,34-,35-/m0/s1. The van der Waals surface area contributed by atoms with Crippen molar-refractivity contribution >= 4 is 11.9 Å². The van der Waals surface area contributed by atoms with Crippen LogP contribution < -0.4 is 0 Å². The lowest BCUT2D eigenvalue weighted by molar-refractivity contribution is -0.228. The Morgan fingerprint density at radius 2 is 1.65 bits per heavy atom. The number of aliphatic hydroxyl groups excluding tert-OH is 3. The molecule has 8 nitrogen and oxygen atoms in total. The van der Waals surface area contributed by atoms with Gasteiger partial charge in [-0.2, -0.15) is 0 Å². The summed E-state index contributed by atoms with van der Waals surface area (Å²) in [5.41, 5.74) is -5.13. The molecular weight excluding hydrogens is 548 g/mol. The third kappa shape index (κ3) is 5.22. The minimum Gasteiger partial charge on any atom is -0.458 e. The Morgan fingerprint density at radius 1 is 1.05 bits per heavy atom. The van der Waals surface area contributed by atoms with E-state index in [9.17, 15) is 30.0 Å². The summed E-state index contributed by atoms with van der Waals surface area (Å²) >= 11 is 0. The summed E-state index contributed by atoms with van der Waals surface area (Å²) in [5.74, 6) is -2.21. The monoisotopic (exact) mass is 604 g/mol.